The fourth-order valence-corrected chi connectivity index (χ4v) is 2.61. The highest BCUT2D eigenvalue weighted by atomic mass is 32.1. The average molecular weight is 251 g/mol. The van der Waals surface area contributed by atoms with Crippen LogP contribution in [0, 0.1) is 11.6 Å². The number of aromatic nitrogens is 1. The molecule has 0 N–H and O–H groups in total. The van der Waals surface area contributed by atoms with Gasteiger partial charge in [0.15, 0.2) is 11.6 Å². The quantitative estimate of drug-likeness (QED) is 0.657. The van der Waals surface area contributed by atoms with Gasteiger partial charge in [-0.05, 0) is 17.5 Å². The third kappa shape index (κ3) is 1.39. The molecule has 0 atom stereocenters. The van der Waals surface area contributed by atoms with Crippen molar-refractivity contribution in [2.75, 3.05) is 7.11 Å². The normalized spacial score (nSPS) is 11.2. The molecule has 0 aliphatic rings. The van der Waals surface area contributed by atoms with Gasteiger partial charge < -0.3 is 4.74 Å². The minimum Gasteiger partial charge on any atom is -0.494 e. The molecule has 17 heavy (non-hydrogen) atoms. The molecule has 0 aliphatic carbocycles. The van der Waals surface area contributed by atoms with Gasteiger partial charge in [-0.1, -0.05) is 0 Å². The standard InChI is InChI=1S/C12H7F2NOS/c1-16-8-4-7-6-2-3-17-9(6)5-15-12(7)11(14)10(8)13/h2-5H,1H3. The van der Waals surface area contributed by atoms with Crippen molar-refractivity contribution in [1.29, 1.82) is 0 Å². The van der Waals surface area contributed by atoms with Crippen LogP contribution in [0.5, 0.6) is 5.75 Å². The lowest BCUT2D eigenvalue weighted by atomic mass is 10.1. The fraction of sp³-hybridized carbons (Fsp3) is 0.0833. The second-order valence-corrected chi connectivity index (χ2v) is 4.51. The Labute approximate surface area is 99.5 Å². The zero-order valence-corrected chi connectivity index (χ0v) is 9.65. The average Bonchev–Trinajstić information content (AvgIpc) is 2.81. The molecule has 3 rings (SSSR count). The lowest BCUT2D eigenvalue weighted by Crippen LogP contribution is -1.95. The van der Waals surface area contributed by atoms with E-state index in [-0.39, 0.29) is 11.3 Å². The van der Waals surface area contributed by atoms with E-state index in [1.165, 1.54) is 24.5 Å². The number of thiophene rings is 1. The molecule has 0 unspecified atom stereocenters. The van der Waals surface area contributed by atoms with Crippen molar-refractivity contribution < 1.29 is 13.5 Å². The van der Waals surface area contributed by atoms with Gasteiger partial charge >= 0.3 is 0 Å². The fourth-order valence-electron chi connectivity index (χ4n) is 1.84. The van der Waals surface area contributed by atoms with Crippen molar-refractivity contribution in [3.8, 4) is 5.75 Å². The number of rotatable bonds is 1. The van der Waals surface area contributed by atoms with Gasteiger partial charge in [0.2, 0.25) is 5.82 Å². The zero-order chi connectivity index (χ0) is 12.0. The Morgan fingerprint density at radius 1 is 1.24 bits per heavy atom. The molecule has 0 spiro atoms. The van der Waals surface area contributed by atoms with Crippen molar-refractivity contribution >= 4 is 32.3 Å². The van der Waals surface area contributed by atoms with E-state index in [0.29, 0.717) is 5.39 Å². The molecular weight excluding hydrogens is 244 g/mol. The first-order chi connectivity index (χ1) is 8.22. The first kappa shape index (κ1) is 10.4. The zero-order valence-electron chi connectivity index (χ0n) is 8.83. The number of pyridine rings is 1. The Balaban J connectivity index is 2.54. The molecule has 2 aromatic heterocycles. The first-order valence-electron chi connectivity index (χ1n) is 4.90. The smallest absolute Gasteiger partial charge is 0.202 e. The molecule has 0 amide bonds. The van der Waals surface area contributed by atoms with E-state index < -0.39 is 11.6 Å². The Kier molecular flexibility index (Phi) is 2.22. The maximum Gasteiger partial charge on any atom is 0.202 e. The predicted molar refractivity (Wildman–Crippen MR) is 63.6 cm³/mol. The van der Waals surface area contributed by atoms with Gasteiger partial charge in [-0.3, -0.25) is 4.98 Å². The van der Waals surface area contributed by atoms with Crippen molar-refractivity contribution in [3.63, 3.8) is 0 Å². The summed E-state index contributed by atoms with van der Waals surface area (Å²) in [4.78, 5) is 3.96. The molecule has 5 heteroatoms. The Morgan fingerprint density at radius 2 is 2.06 bits per heavy atom. The number of benzene rings is 1. The molecule has 0 aliphatic heterocycles. The van der Waals surface area contributed by atoms with E-state index in [2.05, 4.69) is 4.98 Å². The Hall–Kier alpha value is -1.75. The summed E-state index contributed by atoms with van der Waals surface area (Å²) in [5, 5.41) is 3.32. The molecule has 2 nitrogen and oxygen atoms in total. The summed E-state index contributed by atoms with van der Waals surface area (Å²) in [7, 11) is 1.31. The Bertz CT molecular complexity index is 723. The summed E-state index contributed by atoms with van der Waals surface area (Å²) >= 11 is 1.51. The predicted octanol–water partition coefficient (Wildman–Crippen LogP) is 3.74. The van der Waals surface area contributed by atoms with Crippen molar-refractivity contribution in [2.24, 2.45) is 0 Å². The highest BCUT2D eigenvalue weighted by Gasteiger charge is 2.16. The van der Waals surface area contributed by atoms with Crippen LogP contribution in [-0.2, 0) is 0 Å². The van der Waals surface area contributed by atoms with E-state index in [4.69, 9.17) is 4.74 Å². The maximum absolute atomic E-state index is 13.8. The van der Waals surface area contributed by atoms with E-state index in [1.807, 2.05) is 11.4 Å². The maximum atomic E-state index is 13.8. The van der Waals surface area contributed by atoms with Crippen molar-refractivity contribution in [1.82, 2.24) is 4.98 Å². The molecular formula is C12H7F2NOS. The summed E-state index contributed by atoms with van der Waals surface area (Å²) in [6.07, 6.45) is 1.55. The third-order valence-corrected chi connectivity index (χ3v) is 3.52. The monoisotopic (exact) mass is 251 g/mol. The van der Waals surface area contributed by atoms with E-state index >= 15 is 0 Å². The van der Waals surface area contributed by atoms with Gasteiger partial charge in [0.1, 0.15) is 5.52 Å². The number of fused-ring (bicyclic) bond motifs is 3. The van der Waals surface area contributed by atoms with Crippen LogP contribution in [0.2, 0.25) is 0 Å². The molecule has 3 aromatic rings. The summed E-state index contributed by atoms with van der Waals surface area (Å²) in [5.41, 5.74) is 0.0363. The SMILES string of the molecule is COc1cc2c(ncc3sccc32)c(F)c1F. The Morgan fingerprint density at radius 3 is 2.82 bits per heavy atom. The minimum absolute atomic E-state index is 0.0363. The largest absolute Gasteiger partial charge is 0.494 e. The molecule has 0 fully saturated rings. The minimum atomic E-state index is -0.998. The molecule has 0 bridgehead atoms. The van der Waals surface area contributed by atoms with Crippen LogP contribution in [0.1, 0.15) is 0 Å². The van der Waals surface area contributed by atoms with Gasteiger partial charge in [-0.25, -0.2) is 4.39 Å². The van der Waals surface area contributed by atoms with E-state index in [1.54, 1.807) is 6.20 Å². The summed E-state index contributed by atoms with van der Waals surface area (Å²) in [5.74, 6) is -2.06. The van der Waals surface area contributed by atoms with Crippen LogP contribution in [0.3, 0.4) is 0 Å². The van der Waals surface area contributed by atoms with Crippen LogP contribution in [-0.4, -0.2) is 12.1 Å². The topological polar surface area (TPSA) is 22.1 Å². The molecule has 0 saturated carbocycles. The number of nitrogens with zero attached hydrogens (tertiary/aromatic N) is 1. The second-order valence-electron chi connectivity index (χ2n) is 3.56. The van der Waals surface area contributed by atoms with Crippen molar-refractivity contribution in [3.05, 3.63) is 35.3 Å². The summed E-state index contributed by atoms with van der Waals surface area (Å²) < 4.78 is 33.0. The highest BCUT2D eigenvalue weighted by molar-refractivity contribution is 7.17. The molecule has 2 heterocycles. The molecule has 0 radical (unpaired) electrons. The first-order valence-corrected chi connectivity index (χ1v) is 5.78. The number of halogens is 2. The van der Waals surface area contributed by atoms with Crippen LogP contribution < -0.4 is 4.74 Å². The number of hydrogen-bond acceptors (Lipinski definition) is 3. The molecule has 0 saturated heterocycles. The van der Waals surface area contributed by atoms with Crippen LogP contribution >= 0.6 is 11.3 Å². The van der Waals surface area contributed by atoms with Crippen LogP contribution in [0.25, 0.3) is 21.0 Å². The van der Waals surface area contributed by atoms with Gasteiger partial charge in [-0.15, -0.1) is 11.3 Å². The van der Waals surface area contributed by atoms with Gasteiger partial charge in [0.25, 0.3) is 0 Å². The number of hydrogen-bond donors (Lipinski definition) is 0. The molecule has 86 valence electrons. The highest BCUT2D eigenvalue weighted by Crippen LogP contribution is 2.33. The lowest BCUT2D eigenvalue weighted by Gasteiger charge is -2.06. The number of ether oxygens (including phenoxy) is 1. The van der Waals surface area contributed by atoms with Crippen molar-refractivity contribution in [2.45, 2.75) is 0 Å². The second kappa shape index (κ2) is 3.63. The van der Waals surface area contributed by atoms with Gasteiger partial charge in [-0.2, -0.15) is 4.39 Å². The third-order valence-electron chi connectivity index (χ3n) is 2.66. The van der Waals surface area contributed by atoms with Gasteiger partial charge in [0.05, 0.1) is 11.8 Å². The summed E-state index contributed by atoms with van der Waals surface area (Å²) in [6.45, 7) is 0. The lowest BCUT2D eigenvalue weighted by molar-refractivity contribution is 0.374. The van der Waals surface area contributed by atoms with Gasteiger partial charge in [0, 0.05) is 17.0 Å². The molecule has 1 aromatic carbocycles. The number of methoxy groups -OCH3 is 1. The van der Waals surface area contributed by atoms with Crippen LogP contribution in [0.15, 0.2) is 23.7 Å². The van der Waals surface area contributed by atoms with E-state index in [0.717, 1.165) is 10.1 Å². The summed E-state index contributed by atoms with van der Waals surface area (Å²) in [6, 6.07) is 3.34. The van der Waals surface area contributed by atoms with Crippen LogP contribution in [0.4, 0.5) is 8.78 Å². The van der Waals surface area contributed by atoms with E-state index in [9.17, 15) is 8.78 Å².